The molecule has 0 unspecified atom stereocenters. The first-order valence-electron chi connectivity index (χ1n) is 7.86. The standard InChI is InChI=1S/C21H19NO2/c1-15-4-3-5-16(2)21(15)19-10-18(11-22-12-19)14-24-20-8-6-17(13-23)7-9-20/h3-13H,14H2,1-2H3. The molecular weight excluding hydrogens is 298 g/mol. The van der Waals surface area contributed by atoms with Crippen molar-refractivity contribution in [1.29, 1.82) is 0 Å². The van der Waals surface area contributed by atoms with Crippen molar-refractivity contribution < 1.29 is 9.53 Å². The fraction of sp³-hybridized carbons (Fsp3) is 0.143. The highest BCUT2D eigenvalue weighted by Gasteiger charge is 2.07. The van der Waals surface area contributed by atoms with Gasteiger partial charge in [-0.2, -0.15) is 0 Å². The summed E-state index contributed by atoms with van der Waals surface area (Å²) in [6.45, 7) is 4.66. The molecule has 3 heteroatoms. The molecule has 0 fully saturated rings. The molecule has 1 heterocycles. The number of rotatable bonds is 5. The number of nitrogens with zero attached hydrogens (tertiary/aromatic N) is 1. The van der Waals surface area contributed by atoms with E-state index in [0.29, 0.717) is 12.2 Å². The van der Waals surface area contributed by atoms with Crippen LogP contribution in [-0.2, 0) is 6.61 Å². The summed E-state index contributed by atoms with van der Waals surface area (Å²) in [7, 11) is 0. The molecule has 3 nitrogen and oxygen atoms in total. The first-order valence-corrected chi connectivity index (χ1v) is 7.86. The van der Waals surface area contributed by atoms with Gasteiger partial charge in [-0.05, 0) is 60.9 Å². The second-order valence-electron chi connectivity index (χ2n) is 5.82. The molecule has 24 heavy (non-hydrogen) atoms. The number of carbonyl (C=O) groups is 1. The fourth-order valence-corrected chi connectivity index (χ4v) is 2.78. The van der Waals surface area contributed by atoms with E-state index in [1.807, 2.05) is 12.4 Å². The van der Waals surface area contributed by atoms with Crippen LogP contribution in [0.2, 0.25) is 0 Å². The Labute approximate surface area is 142 Å². The second-order valence-corrected chi connectivity index (χ2v) is 5.82. The molecular formula is C21H19NO2. The van der Waals surface area contributed by atoms with Crippen molar-refractivity contribution in [3.8, 4) is 16.9 Å². The third-order valence-electron chi connectivity index (χ3n) is 3.99. The third kappa shape index (κ3) is 3.51. The molecule has 0 aliphatic heterocycles. The van der Waals surface area contributed by atoms with E-state index < -0.39 is 0 Å². The van der Waals surface area contributed by atoms with E-state index >= 15 is 0 Å². The van der Waals surface area contributed by atoms with Gasteiger partial charge >= 0.3 is 0 Å². The molecule has 0 aliphatic rings. The van der Waals surface area contributed by atoms with E-state index in [0.717, 1.165) is 23.2 Å². The van der Waals surface area contributed by atoms with Gasteiger partial charge in [0, 0.05) is 29.1 Å². The maximum atomic E-state index is 10.7. The van der Waals surface area contributed by atoms with Crippen molar-refractivity contribution in [3.05, 3.63) is 83.2 Å². The van der Waals surface area contributed by atoms with E-state index in [1.54, 1.807) is 24.3 Å². The quantitative estimate of drug-likeness (QED) is 0.637. The molecule has 0 saturated heterocycles. The van der Waals surface area contributed by atoms with Gasteiger partial charge in [-0.25, -0.2) is 0 Å². The Kier molecular flexibility index (Phi) is 4.71. The Morgan fingerprint density at radius 3 is 2.38 bits per heavy atom. The molecule has 120 valence electrons. The lowest BCUT2D eigenvalue weighted by Crippen LogP contribution is -1.98. The highest BCUT2D eigenvalue weighted by atomic mass is 16.5. The summed E-state index contributed by atoms with van der Waals surface area (Å²) in [6.07, 6.45) is 4.52. The van der Waals surface area contributed by atoms with Crippen LogP contribution in [0.5, 0.6) is 5.75 Å². The molecule has 2 aromatic carbocycles. The van der Waals surface area contributed by atoms with Crippen LogP contribution in [0, 0.1) is 13.8 Å². The third-order valence-corrected chi connectivity index (χ3v) is 3.99. The Morgan fingerprint density at radius 1 is 1.00 bits per heavy atom. The topological polar surface area (TPSA) is 39.2 Å². The second kappa shape index (κ2) is 7.09. The molecule has 0 saturated carbocycles. The molecule has 3 aromatic rings. The predicted molar refractivity (Wildman–Crippen MR) is 95.3 cm³/mol. The monoisotopic (exact) mass is 317 g/mol. The van der Waals surface area contributed by atoms with Gasteiger partial charge in [-0.3, -0.25) is 9.78 Å². The lowest BCUT2D eigenvalue weighted by molar-refractivity contribution is 0.112. The smallest absolute Gasteiger partial charge is 0.150 e. The highest BCUT2D eigenvalue weighted by Crippen LogP contribution is 2.27. The van der Waals surface area contributed by atoms with Gasteiger partial charge in [0.25, 0.3) is 0 Å². The Hall–Kier alpha value is -2.94. The summed E-state index contributed by atoms with van der Waals surface area (Å²) in [5.41, 5.74) is 6.44. The number of carbonyl (C=O) groups excluding carboxylic acids is 1. The normalized spacial score (nSPS) is 10.4. The Bertz CT molecular complexity index is 834. The van der Waals surface area contributed by atoms with Gasteiger partial charge < -0.3 is 4.74 Å². The van der Waals surface area contributed by atoms with Crippen LogP contribution < -0.4 is 4.74 Å². The van der Waals surface area contributed by atoms with Crippen LogP contribution in [-0.4, -0.2) is 11.3 Å². The van der Waals surface area contributed by atoms with Gasteiger partial charge in [0.15, 0.2) is 0 Å². The van der Waals surface area contributed by atoms with Crippen LogP contribution >= 0.6 is 0 Å². The van der Waals surface area contributed by atoms with Crippen LogP contribution in [0.1, 0.15) is 27.0 Å². The predicted octanol–water partition coefficient (Wildman–Crippen LogP) is 4.76. The zero-order chi connectivity index (χ0) is 16.9. The highest BCUT2D eigenvalue weighted by molar-refractivity contribution is 5.74. The number of hydrogen-bond acceptors (Lipinski definition) is 3. The lowest BCUT2D eigenvalue weighted by atomic mass is 9.96. The molecule has 3 rings (SSSR count). The van der Waals surface area contributed by atoms with Crippen molar-refractivity contribution >= 4 is 6.29 Å². The largest absolute Gasteiger partial charge is 0.489 e. The van der Waals surface area contributed by atoms with Crippen molar-refractivity contribution in [1.82, 2.24) is 4.98 Å². The number of hydrogen-bond donors (Lipinski definition) is 0. The zero-order valence-electron chi connectivity index (χ0n) is 13.8. The van der Waals surface area contributed by atoms with Gasteiger partial charge in [-0.15, -0.1) is 0 Å². The lowest BCUT2D eigenvalue weighted by Gasteiger charge is -2.11. The van der Waals surface area contributed by atoms with E-state index in [1.165, 1.54) is 16.7 Å². The molecule has 0 spiro atoms. The van der Waals surface area contributed by atoms with E-state index in [9.17, 15) is 4.79 Å². The average Bonchev–Trinajstić information content (AvgIpc) is 2.61. The number of ether oxygens (including phenoxy) is 1. The number of aryl methyl sites for hydroxylation is 2. The molecule has 0 bridgehead atoms. The van der Waals surface area contributed by atoms with Crippen LogP contribution in [0.4, 0.5) is 0 Å². The van der Waals surface area contributed by atoms with Crippen LogP contribution in [0.15, 0.2) is 60.9 Å². The molecule has 0 atom stereocenters. The summed E-state index contributed by atoms with van der Waals surface area (Å²) >= 11 is 0. The van der Waals surface area contributed by atoms with Crippen molar-refractivity contribution in [3.63, 3.8) is 0 Å². The number of aldehydes is 1. The Balaban J connectivity index is 1.79. The first-order chi connectivity index (χ1) is 11.7. The molecule has 1 aromatic heterocycles. The SMILES string of the molecule is Cc1cccc(C)c1-c1cncc(COc2ccc(C=O)cc2)c1. The van der Waals surface area contributed by atoms with Crippen molar-refractivity contribution in [2.24, 2.45) is 0 Å². The molecule has 0 N–H and O–H groups in total. The number of pyridine rings is 1. The number of benzene rings is 2. The summed E-state index contributed by atoms with van der Waals surface area (Å²) in [6, 6.07) is 15.5. The van der Waals surface area contributed by atoms with Crippen molar-refractivity contribution in [2.75, 3.05) is 0 Å². The minimum Gasteiger partial charge on any atom is -0.489 e. The van der Waals surface area contributed by atoms with E-state index in [-0.39, 0.29) is 0 Å². The minimum atomic E-state index is 0.437. The minimum absolute atomic E-state index is 0.437. The maximum Gasteiger partial charge on any atom is 0.150 e. The van der Waals surface area contributed by atoms with Crippen LogP contribution in [0.3, 0.4) is 0 Å². The average molecular weight is 317 g/mol. The molecule has 0 radical (unpaired) electrons. The summed E-state index contributed by atoms with van der Waals surface area (Å²) < 4.78 is 5.79. The summed E-state index contributed by atoms with van der Waals surface area (Å²) in [4.78, 5) is 15.0. The maximum absolute atomic E-state index is 10.7. The van der Waals surface area contributed by atoms with Gasteiger partial charge in [0.05, 0.1) is 0 Å². The van der Waals surface area contributed by atoms with Gasteiger partial charge in [0.1, 0.15) is 18.6 Å². The molecule has 0 amide bonds. The van der Waals surface area contributed by atoms with E-state index in [4.69, 9.17) is 4.74 Å². The fourth-order valence-electron chi connectivity index (χ4n) is 2.78. The Morgan fingerprint density at radius 2 is 1.71 bits per heavy atom. The summed E-state index contributed by atoms with van der Waals surface area (Å²) in [5.74, 6) is 0.734. The molecule has 0 aliphatic carbocycles. The van der Waals surface area contributed by atoms with E-state index in [2.05, 4.69) is 43.1 Å². The van der Waals surface area contributed by atoms with Gasteiger partial charge in [0.2, 0.25) is 0 Å². The zero-order valence-corrected chi connectivity index (χ0v) is 13.8. The van der Waals surface area contributed by atoms with Crippen LogP contribution in [0.25, 0.3) is 11.1 Å². The first kappa shape index (κ1) is 15.9. The number of aromatic nitrogens is 1. The van der Waals surface area contributed by atoms with Crippen molar-refractivity contribution in [2.45, 2.75) is 20.5 Å². The van der Waals surface area contributed by atoms with Gasteiger partial charge in [-0.1, -0.05) is 18.2 Å². The summed E-state index contributed by atoms with van der Waals surface area (Å²) in [5, 5.41) is 0.